The van der Waals surface area contributed by atoms with Crippen LogP contribution < -0.4 is 0 Å². The molecule has 0 N–H and O–H groups in total. The second-order valence-electron chi connectivity index (χ2n) is 7.11. The largest absolute Gasteiger partial charge is 0.289 e. The summed E-state index contributed by atoms with van der Waals surface area (Å²) in [6.07, 6.45) is 9.72. The van der Waals surface area contributed by atoms with Gasteiger partial charge in [0, 0.05) is 31.0 Å². The van der Waals surface area contributed by atoms with Gasteiger partial charge in [-0.15, -0.1) is 0 Å². The molecule has 5 rings (SSSR count). The van der Waals surface area contributed by atoms with E-state index in [0.717, 1.165) is 24.0 Å². The summed E-state index contributed by atoms with van der Waals surface area (Å²) < 4.78 is 0. The van der Waals surface area contributed by atoms with Crippen LogP contribution in [0.25, 0.3) is 16.6 Å². The van der Waals surface area contributed by atoms with Gasteiger partial charge < -0.3 is 0 Å². The molecule has 3 nitrogen and oxygen atoms in total. The molecule has 2 atom stereocenters. The first-order valence-electron chi connectivity index (χ1n) is 9.08. The van der Waals surface area contributed by atoms with Crippen molar-refractivity contribution in [2.75, 3.05) is 0 Å². The summed E-state index contributed by atoms with van der Waals surface area (Å²) >= 11 is 0. The van der Waals surface area contributed by atoms with Gasteiger partial charge in [0.15, 0.2) is 0 Å². The third kappa shape index (κ3) is 2.75. The Kier molecular flexibility index (Phi) is 3.60. The Balaban J connectivity index is 1.43. The van der Waals surface area contributed by atoms with E-state index in [9.17, 15) is 0 Å². The quantitative estimate of drug-likeness (QED) is 0.711. The highest BCUT2D eigenvalue weighted by Gasteiger charge is 2.36. The van der Waals surface area contributed by atoms with E-state index in [2.05, 4.69) is 69.5 Å². The van der Waals surface area contributed by atoms with Crippen LogP contribution in [0.15, 0.2) is 67.0 Å². The van der Waals surface area contributed by atoms with E-state index >= 15 is 0 Å². The molecule has 3 aromatic rings. The van der Waals surface area contributed by atoms with Gasteiger partial charge in [0.25, 0.3) is 0 Å². The molecule has 0 aliphatic carbocycles. The van der Waals surface area contributed by atoms with Gasteiger partial charge in [-0.2, -0.15) is 0 Å². The Hall–Kier alpha value is -2.52. The molecular weight excluding hydrogens is 306 g/mol. The zero-order chi connectivity index (χ0) is 16.6. The van der Waals surface area contributed by atoms with Gasteiger partial charge in [-0.25, -0.2) is 0 Å². The first-order chi connectivity index (χ1) is 12.4. The van der Waals surface area contributed by atoms with Gasteiger partial charge in [-0.05, 0) is 48.1 Å². The highest BCUT2D eigenvalue weighted by Crippen LogP contribution is 2.39. The Morgan fingerprint density at radius 2 is 1.76 bits per heavy atom. The Morgan fingerprint density at radius 1 is 0.920 bits per heavy atom. The van der Waals surface area contributed by atoms with Crippen molar-refractivity contribution in [1.82, 2.24) is 14.9 Å². The van der Waals surface area contributed by atoms with Crippen molar-refractivity contribution in [2.45, 2.75) is 37.9 Å². The fourth-order valence-corrected chi connectivity index (χ4v) is 4.34. The summed E-state index contributed by atoms with van der Waals surface area (Å²) in [5, 5.41) is 0. The fourth-order valence-electron chi connectivity index (χ4n) is 4.34. The van der Waals surface area contributed by atoms with E-state index in [-0.39, 0.29) is 0 Å². The number of benzene rings is 2. The van der Waals surface area contributed by atoms with Crippen molar-refractivity contribution in [2.24, 2.45) is 0 Å². The number of nitrogens with zero attached hydrogens (tertiary/aromatic N) is 3. The van der Waals surface area contributed by atoms with Gasteiger partial charge in [-0.1, -0.05) is 42.5 Å². The van der Waals surface area contributed by atoms with Gasteiger partial charge in [-0.3, -0.25) is 14.9 Å². The standard InChI is InChI=1S/C22H21N3/c1-2-4-16(5-3-1)15-25-19-7-8-20(25)13-18(12-19)17-6-9-21-22(14-17)24-11-10-23-21/h1-6,9-12,14,19-20H,7-8,13,15H2. The molecule has 1 aromatic heterocycles. The molecule has 3 heteroatoms. The predicted molar refractivity (Wildman–Crippen MR) is 101 cm³/mol. The highest BCUT2D eigenvalue weighted by molar-refractivity contribution is 5.80. The average Bonchev–Trinajstić information content (AvgIpc) is 2.90. The molecule has 0 spiro atoms. The Labute approximate surface area is 148 Å². The summed E-state index contributed by atoms with van der Waals surface area (Å²) in [5.74, 6) is 0. The van der Waals surface area contributed by atoms with Crippen molar-refractivity contribution >= 4 is 16.6 Å². The number of aromatic nitrogens is 2. The summed E-state index contributed by atoms with van der Waals surface area (Å²) in [5.41, 5.74) is 6.15. The minimum absolute atomic E-state index is 0.562. The maximum atomic E-state index is 4.46. The zero-order valence-electron chi connectivity index (χ0n) is 14.2. The van der Waals surface area contributed by atoms with E-state index < -0.39 is 0 Å². The maximum absolute atomic E-state index is 4.46. The van der Waals surface area contributed by atoms with Crippen molar-refractivity contribution in [3.05, 3.63) is 78.1 Å². The molecule has 2 bridgehead atoms. The summed E-state index contributed by atoms with van der Waals surface area (Å²) in [7, 11) is 0. The lowest BCUT2D eigenvalue weighted by atomic mass is 9.94. The fraction of sp³-hybridized carbons (Fsp3) is 0.273. The van der Waals surface area contributed by atoms with Crippen molar-refractivity contribution in [3.63, 3.8) is 0 Å². The third-order valence-electron chi connectivity index (χ3n) is 5.59. The second kappa shape index (κ2) is 6.08. The Bertz CT molecular complexity index is 932. The molecule has 2 aromatic carbocycles. The zero-order valence-corrected chi connectivity index (χ0v) is 14.2. The van der Waals surface area contributed by atoms with Crippen LogP contribution in [0.1, 0.15) is 30.4 Å². The molecule has 3 heterocycles. The van der Waals surface area contributed by atoms with Crippen LogP contribution in [0.4, 0.5) is 0 Å². The third-order valence-corrected chi connectivity index (χ3v) is 5.59. The summed E-state index contributed by atoms with van der Waals surface area (Å²) in [6.45, 7) is 1.06. The molecule has 124 valence electrons. The van der Waals surface area contributed by atoms with Crippen LogP contribution in [0.5, 0.6) is 0 Å². The van der Waals surface area contributed by atoms with Gasteiger partial charge >= 0.3 is 0 Å². The molecule has 2 aliphatic heterocycles. The van der Waals surface area contributed by atoms with E-state index in [1.807, 2.05) is 0 Å². The number of fused-ring (bicyclic) bond motifs is 3. The van der Waals surface area contributed by atoms with Crippen LogP contribution in [0, 0.1) is 0 Å². The molecular formula is C22H21N3. The number of hydrogen-bond acceptors (Lipinski definition) is 3. The smallest absolute Gasteiger partial charge is 0.0892 e. The molecule has 1 saturated heterocycles. The number of rotatable bonds is 3. The SMILES string of the molecule is C1=C(c2ccc3nccnc3c2)CC2CCC1N2Cc1ccccc1. The minimum Gasteiger partial charge on any atom is -0.289 e. The van der Waals surface area contributed by atoms with E-state index in [0.29, 0.717) is 12.1 Å². The lowest BCUT2D eigenvalue weighted by Crippen LogP contribution is -2.37. The van der Waals surface area contributed by atoms with Crippen LogP contribution in [-0.4, -0.2) is 27.0 Å². The van der Waals surface area contributed by atoms with E-state index in [1.165, 1.54) is 29.5 Å². The van der Waals surface area contributed by atoms with Crippen molar-refractivity contribution in [3.8, 4) is 0 Å². The predicted octanol–water partition coefficient (Wildman–Crippen LogP) is 4.45. The van der Waals surface area contributed by atoms with Gasteiger partial charge in [0.05, 0.1) is 11.0 Å². The van der Waals surface area contributed by atoms with Crippen LogP contribution in [0.3, 0.4) is 0 Å². The average molecular weight is 327 g/mol. The molecule has 2 aliphatic rings. The monoisotopic (exact) mass is 327 g/mol. The lowest BCUT2D eigenvalue weighted by molar-refractivity contribution is 0.203. The molecule has 0 radical (unpaired) electrons. The first-order valence-corrected chi connectivity index (χ1v) is 9.08. The second-order valence-corrected chi connectivity index (χ2v) is 7.11. The summed E-state index contributed by atoms with van der Waals surface area (Å²) in [6, 6.07) is 18.6. The molecule has 1 fully saturated rings. The summed E-state index contributed by atoms with van der Waals surface area (Å²) in [4.78, 5) is 11.5. The normalized spacial score (nSPS) is 23.0. The van der Waals surface area contributed by atoms with Gasteiger partial charge in [0.2, 0.25) is 0 Å². The number of hydrogen-bond donors (Lipinski definition) is 0. The first kappa shape index (κ1) is 14.8. The molecule has 0 saturated carbocycles. The van der Waals surface area contributed by atoms with Crippen molar-refractivity contribution < 1.29 is 0 Å². The van der Waals surface area contributed by atoms with Crippen LogP contribution in [-0.2, 0) is 6.54 Å². The minimum atomic E-state index is 0.562. The molecule has 25 heavy (non-hydrogen) atoms. The molecule has 2 unspecified atom stereocenters. The lowest BCUT2D eigenvalue weighted by Gasteiger charge is -2.34. The van der Waals surface area contributed by atoms with Crippen LogP contribution >= 0.6 is 0 Å². The maximum Gasteiger partial charge on any atom is 0.0892 e. The highest BCUT2D eigenvalue weighted by atomic mass is 15.2. The van der Waals surface area contributed by atoms with Crippen LogP contribution in [0.2, 0.25) is 0 Å². The van der Waals surface area contributed by atoms with E-state index in [4.69, 9.17) is 0 Å². The van der Waals surface area contributed by atoms with Gasteiger partial charge in [0.1, 0.15) is 0 Å². The van der Waals surface area contributed by atoms with Crippen molar-refractivity contribution in [1.29, 1.82) is 0 Å². The topological polar surface area (TPSA) is 29.0 Å². The Morgan fingerprint density at radius 3 is 2.60 bits per heavy atom. The van der Waals surface area contributed by atoms with E-state index in [1.54, 1.807) is 12.4 Å². The molecule has 0 amide bonds.